The molecule has 2 heteroatoms. The summed E-state index contributed by atoms with van der Waals surface area (Å²) in [5, 5.41) is 0. The van der Waals surface area contributed by atoms with Crippen LogP contribution in [-0.4, -0.2) is 5.97 Å². The highest BCUT2D eigenvalue weighted by Gasteiger charge is 2.36. The van der Waals surface area contributed by atoms with Gasteiger partial charge in [-0.1, -0.05) is 173 Å². The number of unbranched alkanes of at least 4 members (excludes halogenated alkanes) is 27. The van der Waals surface area contributed by atoms with E-state index in [1.54, 1.807) is 0 Å². The standard InChI is InChI=1S/C42H76O2/c1-3-5-7-9-11-13-15-17-19-21-23-25-27-29-31-33-35-37-39-41-40(42(43)44-41)38-36-34-32-30-28-26-24-22-20-18-16-14-12-10-8-6-4-2/h21-24,39-40H,3-20,25-38H2,1-2H3/b23-21+,24-22+,41-39+. The summed E-state index contributed by atoms with van der Waals surface area (Å²) in [7, 11) is 0. The molecule has 0 aromatic rings. The molecular formula is C42H76O2. The van der Waals surface area contributed by atoms with E-state index in [-0.39, 0.29) is 11.9 Å². The number of cyclic esters (lactones) is 1. The number of rotatable bonds is 34. The van der Waals surface area contributed by atoms with Crippen LogP contribution in [0.2, 0.25) is 0 Å². The van der Waals surface area contributed by atoms with E-state index in [2.05, 4.69) is 44.2 Å². The maximum Gasteiger partial charge on any atom is 0.321 e. The number of carbonyl (C=O) groups is 1. The monoisotopic (exact) mass is 613 g/mol. The SMILES string of the molecule is CCCCCCCCCC/C=C/CCCCCCC/C=C1/OC(=O)C1CCCCCCC/C=C/CCCCCCCCCC. The maximum atomic E-state index is 12.0. The van der Waals surface area contributed by atoms with Crippen molar-refractivity contribution in [1.82, 2.24) is 0 Å². The molecule has 0 aromatic heterocycles. The van der Waals surface area contributed by atoms with Crippen LogP contribution in [-0.2, 0) is 9.53 Å². The summed E-state index contributed by atoms with van der Waals surface area (Å²) in [6.45, 7) is 4.58. The fourth-order valence-electron chi connectivity index (χ4n) is 6.35. The molecule has 1 heterocycles. The fraction of sp³-hybridized carbons (Fsp3) is 0.833. The van der Waals surface area contributed by atoms with Gasteiger partial charge in [-0.2, -0.15) is 0 Å². The summed E-state index contributed by atoms with van der Waals surface area (Å²) in [5.74, 6) is 1.04. The molecule has 1 fully saturated rings. The minimum atomic E-state index is 0.00773. The van der Waals surface area contributed by atoms with Gasteiger partial charge in [-0.05, 0) is 76.7 Å². The van der Waals surface area contributed by atoms with Gasteiger partial charge in [0.15, 0.2) is 0 Å². The molecule has 0 aliphatic carbocycles. The molecule has 0 bridgehead atoms. The first-order valence-corrected chi connectivity index (χ1v) is 20.0. The summed E-state index contributed by atoms with van der Waals surface area (Å²) >= 11 is 0. The van der Waals surface area contributed by atoms with Gasteiger partial charge in [-0.3, -0.25) is 4.79 Å². The quantitative estimate of drug-likeness (QED) is 0.0410. The van der Waals surface area contributed by atoms with Crippen molar-refractivity contribution in [3.8, 4) is 0 Å². The van der Waals surface area contributed by atoms with Gasteiger partial charge in [0.1, 0.15) is 11.7 Å². The van der Waals surface area contributed by atoms with Gasteiger partial charge in [0.05, 0.1) is 0 Å². The van der Waals surface area contributed by atoms with Crippen LogP contribution < -0.4 is 0 Å². The predicted octanol–water partition coefficient (Wildman–Crippen LogP) is 14.7. The van der Waals surface area contributed by atoms with E-state index in [1.165, 1.54) is 186 Å². The molecule has 1 aliphatic rings. The molecule has 0 aromatic carbocycles. The van der Waals surface area contributed by atoms with E-state index < -0.39 is 0 Å². The summed E-state index contributed by atoms with van der Waals surface area (Å²) < 4.78 is 5.38. The number of esters is 1. The molecule has 1 unspecified atom stereocenters. The topological polar surface area (TPSA) is 26.3 Å². The van der Waals surface area contributed by atoms with E-state index in [0.717, 1.165) is 25.0 Å². The smallest absolute Gasteiger partial charge is 0.321 e. The molecule has 0 radical (unpaired) electrons. The first kappa shape index (κ1) is 40.7. The third-order valence-electron chi connectivity index (χ3n) is 9.41. The van der Waals surface area contributed by atoms with Crippen molar-refractivity contribution in [2.24, 2.45) is 5.92 Å². The Morgan fingerprint density at radius 3 is 1.11 bits per heavy atom. The fourth-order valence-corrected chi connectivity index (χ4v) is 6.35. The molecule has 0 spiro atoms. The maximum absolute atomic E-state index is 12.0. The molecular weight excluding hydrogens is 536 g/mol. The van der Waals surface area contributed by atoms with Crippen molar-refractivity contribution < 1.29 is 9.53 Å². The number of carbonyl (C=O) groups excluding carboxylic acids is 1. The Hall–Kier alpha value is -1.31. The molecule has 44 heavy (non-hydrogen) atoms. The van der Waals surface area contributed by atoms with Gasteiger partial charge in [-0.15, -0.1) is 0 Å². The normalized spacial score (nSPS) is 16.0. The molecule has 256 valence electrons. The summed E-state index contributed by atoms with van der Waals surface area (Å²) in [6.07, 6.45) is 54.2. The second-order valence-corrected chi connectivity index (χ2v) is 13.7. The average molecular weight is 613 g/mol. The van der Waals surface area contributed by atoms with Gasteiger partial charge >= 0.3 is 5.97 Å². The van der Waals surface area contributed by atoms with E-state index in [4.69, 9.17) is 4.74 Å². The Labute approximate surface area is 276 Å². The lowest BCUT2D eigenvalue weighted by Gasteiger charge is -2.28. The van der Waals surface area contributed by atoms with Crippen LogP contribution >= 0.6 is 0 Å². The predicted molar refractivity (Wildman–Crippen MR) is 195 cm³/mol. The van der Waals surface area contributed by atoms with Crippen LogP contribution in [0, 0.1) is 5.92 Å². The third-order valence-corrected chi connectivity index (χ3v) is 9.41. The molecule has 0 amide bonds. The molecule has 1 saturated heterocycles. The zero-order valence-corrected chi connectivity index (χ0v) is 29.9. The van der Waals surface area contributed by atoms with Crippen molar-refractivity contribution in [3.05, 3.63) is 36.1 Å². The van der Waals surface area contributed by atoms with Crippen molar-refractivity contribution in [2.45, 2.75) is 219 Å². The highest BCUT2D eigenvalue weighted by molar-refractivity contribution is 5.82. The Kier molecular flexibility index (Phi) is 30.6. The molecule has 2 nitrogen and oxygen atoms in total. The molecule has 0 N–H and O–H groups in total. The molecule has 1 rings (SSSR count). The van der Waals surface area contributed by atoms with Crippen LogP contribution in [0.15, 0.2) is 36.1 Å². The number of ether oxygens (including phenoxy) is 1. The van der Waals surface area contributed by atoms with Crippen LogP contribution in [0.1, 0.15) is 219 Å². The van der Waals surface area contributed by atoms with E-state index in [0.29, 0.717) is 0 Å². The highest BCUT2D eigenvalue weighted by Crippen LogP contribution is 2.32. The first-order chi connectivity index (χ1) is 21.8. The second-order valence-electron chi connectivity index (χ2n) is 13.7. The van der Waals surface area contributed by atoms with Gasteiger partial charge in [0.25, 0.3) is 0 Å². The van der Waals surface area contributed by atoms with Gasteiger partial charge < -0.3 is 4.74 Å². The Morgan fingerprint density at radius 1 is 0.432 bits per heavy atom. The molecule has 1 aliphatic heterocycles. The number of allylic oxidation sites excluding steroid dienone is 5. The van der Waals surface area contributed by atoms with Gasteiger partial charge in [0, 0.05) is 0 Å². The molecule has 1 atom stereocenters. The lowest BCUT2D eigenvalue weighted by Crippen LogP contribution is -2.32. The highest BCUT2D eigenvalue weighted by atomic mass is 16.6. The van der Waals surface area contributed by atoms with Crippen molar-refractivity contribution >= 4 is 5.97 Å². The number of hydrogen-bond donors (Lipinski definition) is 0. The zero-order valence-electron chi connectivity index (χ0n) is 29.9. The van der Waals surface area contributed by atoms with E-state index >= 15 is 0 Å². The van der Waals surface area contributed by atoms with Crippen molar-refractivity contribution in [1.29, 1.82) is 0 Å². The van der Waals surface area contributed by atoms with Crippen LogP contribution in [0.4, 0.5) is 0 Å². The lowest BCUT2D eigenvalue weighted by molar-refractivity contribution is -0.157. The van der Waals surface area contributed by atoms with Crippen LogP contribution in [0.3, 0.4) is 0 Å². The van der Waals surface area contributed by atoms with Crippen molar-refractivity contribution in [2.75, 3.05) is 0 Å². The van der Waals surface area contributed by atoms with Gasteiger partial charge in [-0.25, -0.2) is 0 Å². The minimum Gasteiger partial charge on any atom is -0.430 e. The van der Waals surface area contributed by atoms with E-state index in [1.807, 2.05) is 0 Å². The van der Waals surface area contributed by atoms with Gasteiger partial charge in [0.2, 0.25) is 0 Å². The number of hydrogen-bond acceptors (Lipinski definition) is 2. The minimum absolute atomic E-state index is 0.00773. The Bertz CT molecular complexity index is 703. The van der Waals surface area contributed by atoms with Crippen LogP contribution in [0.25, 0.3) is 0 Å². The largest absolute Gasteiger partial charge is 0.430 e. The first-order valence-electron chi connectivity index (χ1n) is 20.0. The molecule has 0 saturated carbocycles. The van der Waals surface area contributed by atoms with Crippen LogP contribution in [0.5, 0.6) is 0 Å². The summed E-state index contributed by atoms with van der Waals surface area (Å²) in [6, 6.07) is 0. The zero-order chi connectivity index (χ0) is 31.6. The Morgan fingerprint density at radius 2 is 0.750 bits per heavy atom. The average Bonchev–Trinajstić information content (AvgIpc) is 3.03. The van der Waals surface area contributed by atoms with Crippen molar-refractivity contribution in [3.63, 3.8) is 0 Å². The lowest BCUT2D eigenvalue weighted by atomic mass is 9.93. The van der Waals surface area contributed by atoms with E-state index in [9.17, 15) is 4.79 Å². The second kappa shape index (κ2) is 33.1. The summed E-state index contributed by atoms with van der Waals surface area (Å²) in [4.78, 5) is 12.0. The Balaban J connectivity index is 1.86. The summed E-state index contributed by atoms with van der Waals surface area (Å²) in [5.41, 5.74) is 0. The third kappa shape index (κ3) is 26.0.